The summed E-state index contributed by atoms with van der Waals surface area (Å²) in [5, 5.41) is 12.2. The highest BCUT2D eigenvalue weighted by Crippen LogP contribution is 2.31. The maximum absolute atomic E-state index is 13.9. The molecular formula is C14H11BrClFN2O2. The van der Waals surface area contributed by atoms with Gasteiger partial charge in [0.1, 0.15) is 16.5 Å². The molecule has 0 aliphatic rings. The maximum Gasteiger partial charge on any atom is 0.339 e. The van der Waals surface area contributed by atoms with E-state index in [0.717, 1.165) is 6.20 Å². The molecule has 0 amide bonds. The highest BCUT2D eigenvalue weighted by Gasteiger charge is 2.18. The molecule has 0 spiro atoms. The summed E-state index contributed by atoms with van der Waals surface area (Å²) in [6.07, 6.45) is 1.62. The summed E-state index contributed by atoms with van der Waals surface area (Å²) >= 11 is 9.16. The van der Waals surface area contributed by atoms with Gasteiger partial charge in [0.15, 0.2) is 0 Å². The van der Waals surface area contributed by atoms with Crippen molar-refractivity contribution in [1.29, 1.82) is 0 Å². The van der Waals surface area contributed by atoms with Crippen molar-refractivity contribution < 1.29 is 14.3 Å². The van der Waals surface area contributed by atoms with Gasteiger partial charge in [-0.3, -0.25) is 0 Å². The number of hydrogen-bond donors (Lipinski definition) is 2. The van der Waals surface area contributed by atoms with Crippen molar-refractivity contribution >= 4 is 44.9 Å². The molecule has 0 unspecified atom stereocenters. The van der Waals surface area contributed by atoms with E-state index in [9.17, 15) is 14.3 Å². The van der Waals surface area contributed by atoms with Crippen molar-refractivity contribution in [2.24, 2.45) is 0 Å². The van der Waals surface area contributed by atoms with E-state index in [1.54, 1.807) is 6.07 Å². The zero-order chi connectivity index (χ0) is 15.6. The van der Waals surface area contributed by atoms with Gasteiger partial charge in [-0.1, -0.05) is 34.5 Å². The molecule has 0 aliphatic carbocycles. The third-order valence-corrected chi connectivity index (χ3v) is 3.72. The van der Waals surface area contributed by atoms with E-state index in [1.807, 2.05) is 6.92 Å². The SMILES string of the molecule is CCc1c(Cl)ncc(C(=O)O)c1Nc1ccc(Br)cc1F. The summed E-state index contributed by atoms with van der Waals surface area (Å²) < 4.78 is 14.5. The largest absolute Gasteiger partial charge is 0.478 e. The van der Waals surface area contributed by atoms with Gasteiger partial charge in [-0.25, -0.2) is 14.2 Å². The van der Waals surface area contributed by atoms with Crippen LogP contribution in [0.2, 0.25) is 5.15 Å². The van der Waals surface area contributed by atoms with Crippen molar-refractivity contribution in [1.82, 2.24) is 4.98 Å². The van der Waals surface area contributed by atoms with Gasteiger partial charge in [-0.05, 0) is 24.6 Å². The first kappa shape index (κ1) is 15.7. The molecule has 21 heavy (non-hydrogen) atoms. The van der Waals surface area contributed by atoms with Crippen molar-refractivity contribution in [3.05, 3.63) is 51.0 Å². The number of anilines is 2. The van der Waals surface area contributed by atoms with Gasteiger partial charge in [0.05, 0.1) is 11.4 Å². The van der Waals surface area contributed by atoms with E-state index < -0.39 is 11.8 Å². The fourth-order valence-electron chi connectivity index (χ4n) is 1.88. The Bertz CT molecular complexity index is 710. The number of halogens is 3. The van der Waals surface area contributed by atoms with Crippen LogP contribution in [0.5, 0.6) is 0 Å². The van der Waals surface area contributed by atoms with Crippen LogP contribution in [-0.4, -0.2) is 16.1 Å². The van der Waals surface area contributed by atoms with Crippen molar-refractivity contribution in [2.45, 2.75) is 13.3 Å². The summed E-state index contributed by atoms with van der Waals surface area (Å²) in [5.74, 6) is -1.66. The summed E-state index contributed by atoms with van der Waals surface area (Å²) in [6.45, 7) is 1.82. The number of nitrogens with zero attached hydrogens (tertiary/aromatic N) is 1. The van der Waals surface area contributed by atoms with Crippen LogP contribution >= 0.6 is 27.5 Å². The van der Waals surface area contributed by atoms with E-state index in [0.29, 0.717) is 16.5 Å². The molecule has 1 aromatic heterocycles. The number of nitrogens with one attached hydrogen (secondary N) is 1. The minimum Gasteiger partial charge on any atom is -0.478 e. The Hall–Kier alpha value is -1.66. The molecular weight excluding hydrogens is 363 g/mol. The van der Waals surface area contributed by atoms with Crippen LogP contribution in [0.15, 0.2) is 28.9 Å². The predicted octanol–water partition coefficient (Wildman–Crippen LogP) is 4.64. The first-order chi connectivity index (χ1) is 9.93. The predicted molar refractivity (Wildman–Crippen MR) is 83.0 cm³/mol. The summed E-state index contributed by atoms with van der Waals surface area (Å²) in [6, 6.07) is 4.45. The van der Waals surface area contributed by atoms with E-state index in [2.05, 4.69) is 26.2 Å². The summed E-state index contributed by atoms with van der Waals surface area (Å²) in [4.78, 5) is 15.2. The quantitative estimate of drug-likeness (QED) is 0.766. The lowest BCUT2D eigenvalue weighted by molar-refractivity contribution is 0.0697. The molecule has 2 N–H and O–H groups in total. The molecule has 0 bridgehead atoms. The smallest absolute Gasteiger partial charge is 0.339 e. The molecule has 0 radical (unpaired) electrons. The second kappa shape index (κ2) is 6.41. The Morgan fingerprint density at radius 1 is 1.52 bits per heavy atom. The first-order valence-electron chi connectivity index (χ1n) is 6.06. The lowest BCUT2D eigenvalue weighted by Crippen LogP contribution is -2.08. The molecule has 2 aromatic rings. The van der Waals surface area contributed by atoms with Crippen LogP contribution in [0.25, 0.3) is 0 Å². The Morgan fingerprint density at radius 3 is 2.81 bits per heavy atom. The van der Waals surface area contributed by atoms with E-state index in [4.69, 9.17) is 11.6 Å². The van der Waals surface area contributed by atoms with Gasteiger partial charge in [0, 0.05) is 16.2 Å². The fourth-order valence-corrected chi connectivity index (χ4v) is 2.49. The van der Waals surface area contributed by atoms with Crippen molar-refractivity contribution in [3.8, 4) is 0 Å². The van der Waals surface area contributed by atoms with Crippen molar-refractivity contribution in [2.75, 3.05) is 5.32 Å². The number of benzene rings is 1. The van der Waals surface area contributed by atoms with Gasteiger partial charge in [0.2, 0.25) is 0 Å². The van der Waals surface area contributed by atoms with Gasteiger partial charge in [-0.2, -0.15) is 0 Å². The zero-order valence-electron chi connectivity index (χ0n) is 11.0. The summed E-state index contributed by atoms with van der Waals surface area (Å²) in [7, 11) is 0. The minimum atomic E-state index is -1.16. The lowest BCUT2D eigenvalue weighted by atomic mass is 10.1. The molecule has 0 atom stereocenters. The summed E-state index contributed by atoms with van der Waals surface area (Å²) in [5.41, 5.74) is 0.890. The van der Waals surface area contributed by atoms with Crippen LogP contribution in [-0.2, 0) is 6.42 Å². The number of aromatic carboxylic acids is 1. The van der Waals surface area contributed by atoms with Crippen LogP contribution in [0.3, 0.4) is 0 Å². The third-order valence-electron chi connectivity index (χ3n) is 2.90. The highest BCUT2D eigenvalue weighted by molar-refractivity contribution is 9.10. The number of carbonyl (C=O) groups is 1. The standard InChI is InChI=1S/C14H11BrClFN2O2/c1-2-8-12(9(14(20)21)6-18-13(8)16)19-11-4-3-7(15)5-10(11)17/h3-6H,2H2,1H3,(H,18,19)(H,20,21). The molecule has 0 saturated carbocycles. The fraction of sp³-hybridized carbons (Fsp3) is 0.143. The molecule has 110 valence electrons. The number of carboxylic acids is 1. The third kappa shape index (κ3) is 3.33. The number of aromatic nitrogens is 1. The normalized spacial score (nSPS) is 10.5. The van der Waals surface area contributed by atoms with Gasteiger partial charge < -0.3 is 10.4 Å². The second-order valence-electron chi connectivity index (χ2n) is 4.22. The number of hydrogen-bond acceptors (Lipinski definition) is 3. The lowest BCUT2D eigenvalue weighted by Gasteiger charge is -2.15. The maximum atomic E-state index is 13.9. The Balaban J connectivity index is 2.56. The van der Waals surface area contributed by atoms with Crippen molar-refractivity contribution in [3.63, 3.8) is 0 Å². The molecule has 0 saturated heterocycles. The average Bonchev–Trinajstić information content (AvgIpc) is 2.41. The second-order valence-corrected chi connectivity index (χ2v) is 5.50. The van der Waals surface area contributed by atoms with E-state index in [1.165, 1.54) is 12.1 Å². The van der Waals surface area contributed by atoms with Crippen LogP contribution in [0, 0.1) is 5.82 Å². The molecule has 4 nitrogen and oxygen atoms in total. The Morgan fingerprint density at radius 2 is 2.24 bits per heavy atom. The van der Waals surface area contributed by atoms with Gasteiger partial charge in [0.25, 0.3) is 0 Å². The monoisotopic (exact) mass is 372 g/mol. The van der Waals surface area contributed by atoms with Crippen LogP contribution in [0.4, 0.5) is 15.8 Å². The Labute approximate surface area is 134 Å². The Kier molecular flexibility index (Phi) is 4.80. The average molecular weight is 374 g/mol. The molecule has 7 heteroatoms. The molecule has 1 heterocycles. The topological polar surface area (TPSA) is 62.2 Å². The molecule has 1 aromatic carbocycles. The molecule has 0 fully saturated rings. The van der Waals surface area contributed by atoms with E-state index >= 15 is 0 Å². The zero-order valence-corrected chi connectivity index (χ0v) is 13.3. The van der Waals surface area contributed by atoms with Gasteiger partial charge in [-0.15, -0.1) is 0 Å². The van der Waals surface area contributed by atoms with Crippen LogP contribution < -0.4 is 5.32 Å². The van der Waals surface area contributed by atoms with E-state index in [-0.39, 0.29) is 22.1 Å². The first-order valence-corrected chi connectivity index (χ1v) is 7.23. The van der Waals surface area contributed by atoms with Gasteiger partial charge >= 0.3 is 5.97 Å². The van der Waals surface area contributed by atoms with Crippen LogP contribution in [0.1, 0.15) is 22.8 Å². The number of rotatable bonds is 4. The highest BCUT2D eigenvalue weighted by atomic mass is 79.9. The molecule has 0 aliphatic heterocycles. The number of carboxylic acid groups (broad SMARTS) is 1. The molecule has 2 rings (SSSR count). The number of pyridine rings is 1. The minimum absolute atomic E-state index is 0.0569.